The van der Waals surface area contributed by atoms with Crippen molar-refractivity contribution in [3.8, 4) is 0 Å². The van der Waals surface area contributed by atoms with Gasteiger partial charge in [-0.15, -0.1) is 0 Å². The molecule has 0 atom stereocenters. The van der Waals surface area contributed by atoms with Gasteiger partial charge in [-0.3, -0.25) is 10.1 Å². The summed E-state index contributed by atoms with van der Waals surface area (Å²) in [6.07, 6.45) is 0.941. The zero-order chi connectivity index (χ0) is 17.4. The normalized spacial score (nSPS) is 9.04. The van der Waals surface area contributed by atoms with Crippen molar-refractivity contribution in [3.63, 3.8) is 0 Å². The predicted octanol–water partition coefficient (Wildman–Crippen LogP) is 4.01. The van der Waals surface area contributed by atoms with Gasteiger partial charge in [-0.2, -0.15) is 0 Å². The molecule has 0 aromatic heterocycles. The molecule has 7 nitrogen and oxygen atoms in total. The molecule has 2 aromatic rings. The molecule has 0 saturated carbocycles. The van der Waals surface area contributed by atoms with Crippen LogP contribution < -0.4 is 17.2 Å². The van der Waals surface area contributed by atoms with E-state index < -0.39 is 4.92 Å². The summed E-state index contributed by atoms with van der Waals surface area (Å²) in [5.41, 5.74) is 20.4. The Labute approximate surface area is 149 Å². The second-order valence-electron chi connectivity index (χ2n) is 4.89. The molecule has 140 valence electrons. The molecule has 0 saturated heterocycles. The molecule has 0 unspecified atom stereocenters. The number of benzene rings is 2. The Morgan fingerprint density at radius 1 is 1.00 bits per heavy atom. The van der Waals surface area contributed by atoms with Gasteiger partial charge in [-0.1, -0.05) is 21.8 Å². The molecular weight excluding hydrogens is 320 g/mol. The van der Waals surface area contributed by atoms with Crippen LogP contribution in [0.15, 0.2) is 36.4 Å². The number of nitrogens with zero attached hydrogens (tertiary/aromatic N) is 1. The third-order valence-corrected chi connectivity index (χ3v) is 3.15. The van der Waals surface area contributed by atoms with Crippen LogP contribution in [0.4, 0.5) is 22.7 Å². The fourth-order valence-corrected chi connectivity index (χ4v) is 1.99. The number of methoxy groups -OCH3 is 1. The minimum Gasteiger partial charge on any atom is -0.399 e. The second kappa shape index (κ2) is 11.7. The first-order chi connectivity index (χ1) is 10.9. The monoisotopic (exact) mass is 350 g/mol. The molecule has 2 rings (SSSR count). The Kier molecular flexibility index (Phi) is 11.4. The van der Waals surface area contributed by atoms with Crippen LogP contribution in [0.5, 0.6) is 0 Å². The van der Waals surface area contributed by atoms with Gasteiger partial charge in [0.1, 0.15) is 0 Å². The number of nitrogen functional groups attached to an aromatic ring is 3. The lowest BCUT2D eigenvalue weighted by Crippen LogP contribution is -1.98. The van der Waals surface area contributed by atoms with Crippen LogP contribution in [-0.4, -0.2) is 12.0 Å². The Hall–Kier alpha value is -2.80. The highest BCUT2D eigenvalue weighted by Gasteiger charge is 2.12. The number of hydrogen-bond acceptors (Lipinski definition) is 6. The summed E-state index contributed by atoms with van der Waals surface area (Å²) in [7, 11) is 1.48. The number of anilines is 3. The molecule has 0 spiro atoms. The summed E-state index contributed by atoms with van der Waals surface area (Å²) in [5, 5.41) is 10.5. The molecule has 6 N–H and O–H groups in total. The molecule has 7 heteroatoms. The van der Waals surface area contributed by atoms with E-state index in [1.165, 1.54) is 19.2 Å². The van der Waals surface area contributed by atoms with Crippen LogP contribution in [-0.2, 0) is 17.8 Å². The summed E-state index contributed by atoms with van der Waals surface area (Å²) in [6, 6.07) is 9.99. The van der Waals surface area contributed by atoms with Crippen molar-refractivity contribution in [3.05, 3.63) is 57.6 Å². The van der Waals surface area contributed by atoms with Crippen molar-refractivity contribution in [2.24, 2.45) is 0 Å². The summed E-state index contributed by atoms with van der Waals surface area (Å²) in [5.74, 6) is 0. The van der Waals surface area contributed by atoms with Gasteiger partial charge in [-0.25, -0.2) is 0 Å². The minimum absolute atomic E-state index is 0. The van der Waals surface area contributed by atoms with E-state index in [-0.39, 0.29) is 27.1 Å². The topological polar surface area (TPSA) is 130 Å². The molecule has 0 aliphatic heterocycles. The maximum absolute atomic E-state index is 10.5. The van der Waals surface area contributed by atoms with E-state index >= 15 is 0 Å². The molecule has 0 amide bonds. The van der Waals surface area contributed by atoms with Gasteiger partial charge in [0.2, 0.25) is 0 Å². The van der Waals surface area contributed by atoms with Crippen LogP contribution >= 0.6 is 0 Å². The molecular formula is C18H30N4O3. The van der Waals surface area contributed by atoms with Gasteiger partial charge in [0.25, 0.3) is 5.69 Å². The first-order valence-electron chi connectivity index (χ1n) is 7.04. The lowest BCUT2D eigenvalue weighted by atomic mass is 10.1. The number of hydrogen-bond donors (Lipinski definition) is 3. The van der Waals surface area contributed by atoms with Crippen molar-refractivity contribution >= 4 is 22.7 Å². The number of aryl methyl sites for hydroxylation is 1. The van der Waals surface area contributed by atoms with Crippen LogP contribution in [0, 0.1) is 10.1 Å². The highest BCUT2D eigenvalue weighted by atomic mass is 16.6. The number of nitro benzene ring substituents is 1. The molecule has 25 heavy (non-hydrogen) atoms. The van der Waals surface area contributed by atoms with E-state index in [4.69, 9.17) is 21.9 Å². The van der Waals surface area contributed by atoms with Crippen molar-refractivity contribution in [2.45, 2.75) is 34.8 Å². The number of nitrogens with two attached hydrogens (primary N) is 3. The van der Waals surface area contributed by atoms with Gasteiger partial charge < -0.3 is 21.9 Å². The zero-order valence-corrected chi connectivity index (χ0v) is 13.3. The van der Waals surface area contributed by atoms with Gasteiger partial charge >= 0.3 is 0 Å². The highest BCUT2D eigenvalue weighted by Crippen LogP contribution is 2.21. The fourth-order valence-electron chi connectivity index (χ4n) is 1.99. The van der Waals surface area contributed by atoms with Gasteiger partial charge in [0.15, 0.2) is 0 Å². The Morgan fingerprint density at radius 2 is 1.52 bits per heavy atom. The molecule has 0 aliphatic carbocycles. The standard InChI is InChI=1S/C8H10N2O3.C8H12N2.2CH4/c1-13-5-6-4-7(9)2-3-8(6)10(11)12;1-2-6-5-7(9)3-4-8(6)10;;/h2-4H,5,9H2,1H3;3-5H,2,9-10H2,1H3;2*1H4. The number of rotatable bonds is 4. The predicted molar refractivity (Wildman–Crippen MR) is 106 cm³/mol. The lowest BCUT2D eigenvalue weighted by Gasteiger charge is -2.02. The highest BCUT2D eigenvalue weighted by molar-refractivity contribution is 5.55. The van der Waals surface area contributed by atoms with Crippen molar-refractivity contribution in [1.82, 2.24) is 0 Å². The summed E-state index contributed by atoms with van der Waals surface area (Å²) >= 11 is 0. The van der Waals surface area contributed by atoms with E-state index in [0.717, 1.165) is 23.4 Å². The van der Waals surface area contributed by atoms with Gasteiger partial charge in [0, 0.05) is 30.2 Å². The lowest BCUT2D eigenvalue weighted by molar-refractivity contribution is -0.385. The molecule has 0 radical (unpaired) electrons. The molecule has 0 fully saturated rings. The third kappa shape index (κ3) is 7.54. The molecule has 0 bridgehead atoms. The molecule has 0 heterocycles. The maximum atomic E-state index is 10.5. The summed E-state index contributed by atoms with van der Waals surface area (Å²) in [6.45, 7) is 2.26. The van der Waals surface area contributed by atoms with Gasteiger partial charge in [0.05, 0.1) is 17.1 Å². The summed E-state index contributed by atoms with van der Waals surface area (Å²) in [4.78, 5) is 10.1. The van der Waals surface area contributed by atoms with Crippen LogP contribution in [0.3, 0.4) is 0 Å². The fraction of sp³-hybridized carbons (Fsp3) is 0.333. The van der Waals surface area contributed by atoms with Crippen LogP contribution in [0.25, 0.3) is 0 Å². The minimum atomic E-state index is -0.451. The first kappa shape index (κ1) is 24.5. The van der Waals surface area contributed by atoms with E-state index in [9.17, 15) is 10.1 Å². The quantitative estimate of drug-likeness (QED) is 0.434. The van der Waals surface area contributed by atoms with E-state index in [2.05, 4.69) is 6.92 Å². The number of ether oxygens (including phenoxy) is 1. The van der Waals surface area contributed by atoms with Crippen molar-refractivity contribution < 1.29 is 9.66 Å². The average molecular weight is 350 g/mol. The smallest absolute Gasteiger partial charge is 0.275 e. The van der Waals surface area contributed by atoms with Crippen molar-refractivity contribution in [2.75, 3.05) is 24.3 Å². The molecule has 2 aromatic carbocycles. The first-order valence-corrected chi connectivity index (χ1v) is 7.04. The van der Waals surface area contributed by atoms with Crippen molar-refractivity contribution in [1.29, 1.82) is 0 Å². The Bertz CT molecular complexity index is 675. The van der Waals surface area contributed by atoms with Gasteiger partial charge in [-0.05, 0) is 42.3 Å². The van der Waals surface area contributed by atoms with Crippen LogP contribution in [0.2, 0.25) is 0 Å². The van der Waals surface area contributed by atoms with E-state index in [1.54, 1.807) is 6.07 Å². The van der Waals surface area contributed by atoms with E-state index in [0.29, 0.717) is 11.3 Å². The largest absolute Gasteiger partial charge is 0.399 e. The maximum Gasteiger partial charge on any atom is 0.275 e. The molecule has 0 aliphatic rings. The van der Waals surface area contributed by atoms with E-state index in [1.807, 2.05) is 18.2 Å². The number of nitro groups is 1. The average Bonchev–Trinajstić information content (AvgIpc) is 2.50. The second-order valence-corrected chi connectivity index (χ2v) is 4.89. The Morgan fingerprint density at radius 3 is 1.96 bits per heavy atom. The Balaban J connectivity index is 0. The summed E-state index contributed by atoms with van der Waals surface area (Å²) < 4.78 is 4.81. The van der Waals surface area contributed by atoms with Crippen LogP contribution in [0.1, 0.15) is 32.9 Å². The third-order valence-electron chi connectivity index (χ3n) is 3.15. The SMILES string of the molecule is C.C.CCc1cc(N)ccc1N.COCc1cc(N)ccc1[N+](=O)[O-]. The zero-order valence-electron chi connectivity index (χ0n) is 13.3.